The Bertz CT molecular complexity index is 404. The highest BCUT2D eigenvalue weighted by Gasteiger charge is 2.16. The molecule has 0 spiro atoms. The SMILES string of the molecule is CC(C)CN(CC(C)C)c1nc[nH]c(=O)c1I. The van der Waals surface area contributed by atoms with Gasteiger partial charge >= 0.3 is 0 Å². The molecule has 17 heavy (non-hydrogen) atoms. The van der Waals surface area contributed by atoms with Crippen LogP contribution in [-0.4, -0.2) is 23.1 Å². The molecule has 0 atom stereocenters. The van der Waals surface area contributed by atoms with E-state index in [1.165, 1.54) is 6.33 Å². The van der Waals surface area contributed by atoms with Crippen molar-refractivity contribution in [1.29, 1.82) is 0 Å². The molecule has 96 valence electrons. The average molecular weight is 349 g/mol. The van der Waals surface area contributed by atoms with Crippen molar-refractivity contribution in [3.8, 4) is 0 Å². The van der Waals surface area contributed by atoms with Crippen LogP contribution in [0, 0.1) is 15.4 Å². The van der Waals surface area contributed by atoms with E-state index in [-0.39, 0.29) is 5.56 Å². The molecule has 0 aliphatic carbocycles. The lowest BCUT2D eigenvalue weighted by atomic mass is 10.1. The van der Waals surface area contributed by atoms with Crippen LogP contribution in [0.2, 0.25) is 0 Å². The van der Waals surface area contributed by atoms with Crippen molar-refractivity contribution in [2.24, 2.45) is 11.8 Å². The molecule has 0 aliphatic rings. The molecule has 0 saturated heterocycles. The van der Waals surface area contributed by atoms with Gasteiger partial charge in [0.25, 0.3) is 5.56 Å². The number of rotatable bonds is 5. The number of aromatic nitrogens is 2. The van der Waals surface area contributed by atoms with Gasteiger partial charge in [0.15, 0.2) is 0 Å². The first kappa shape index (κ1) is 14.5. The predicted octanol–water partition coefficient (Wildman–Crippen LogP) is 2.49. The number of hydrogen-bond acceptors (Lipinski definition) is 3. The Balaban J connectivity index is 3.03. The average Bonchev–Trinajstić information content (AvgIpc) is 2.19. The lowest BCUT2D eigenvalue weighted by molar-refractivity contribution is 0.547. The molecule has 1 heterocycles. The fraction of sp³-hybridized carbons (Fsp3) is 0.667. The van der Waals surface area contributed by atoms with Crippen LogP contribution < -0.4 is 10.5 Å². The van der Waals surface area contributed by atoms with Crippen molar-refractivity contribution in [2.45, 2.75) is 27.7 Å². The molecule has 1 rings (SSSR count). The maximum Gasteiger partial charge on any atom is 0.266 e. The second kappa shape index (κ2) is 6.37. The van der Waals surface area contributed by atoms with Crippen LogP contribution in [0.3, 0.4) is 0 Å². The predicted molar refractivity (Wildman–Crippen MR) is 79.5 cm³/mol. The van der Waals surface area contributed by atoms with Gasteiger partial charge in [-0.2, -0.15) is 0 Å². The molecule has 0 radical (unpaired) electrons. The molecule has 1 aromatic heterocycles. The Morgan fingerprint density at radius 2 is 1.82 bits per heavy atom. The molecule has 1 aromatic rings. The lowest BCUT2D eigenvalue weighted by Crippen LogP contribution is -2.34. The van der Waals surface area contributed by atoms with Gasteiger partial charge in [-0.05, 0) is 34.4 Å². The van der Waals surface area contributed by atoms with E-state index in [2.05, 4.69) is 65.2 Å². The Morgan fingerprint density at radius 1 is 1.29 bits per heavy atom. The van der Waals surface area contributed by atoms with E-state index in [1.807, 2.05) is 0 Å². The largest absolute Gasteiger partial charge is 0.355 e. The van der Waals surface area contributed by atoms with E-state index < -0.39 is 0 Å². The summed E-state index contributed by atoms with van der Waals surface area (Å²) in [6.07, 6.45) is 1.48. The highest BCUT2D eigenvalue weighted by Crippen LogP contribution is 2.18. The van der Waals surface area contributed by atoms with Gasteiger partial charge in [-0.15, -0.1) is 0 Å². The molecular formula is C12H20IN3O. The number of halogens is 1. The van der Waals surface area contributed by atoms with Gasteiger partial charge in [0.05, 0.1) is 6.33 Å². The maximum atomic E-state index is 11.6. The molecule has 0 unspecified atom stereocenters. The maximum absolute atomic E-state index is 11.6. The second-order valence-electron chi connectivity index (χ2n) is 5.06. The molecule has 5 heteroatoms. The Kier molecular flexibility index (Phi) is 5.42. The van der Waals surface area contributed by atoms with E-state index >= 15 is 0 Å². The van der Waals surface area contributed by atoms with Crippen LogP contribution in [0.4, 0.5) is 5.82 Å². The number of H-pyrrole nitrogens is 1. The first-order valence-corrected chi connectivity index (χ1v) is 6.97. The van der Waals surface area contributed by atoms with Crippen LogP contribution in [0.25, 0.3) is 0 Å². The first-order chi connectivity index (χ1) is 7.91. The summed E-state index contributed by atoms with van der Waals surface area (Å²) in [6.45, 7) is 10.5. The van der Waals surface area contributed by atoms with Crippen LogP contribution in [0.15, 0.2) is 11.1 Å². The summed E-state index contributed by atoms with van der Waals surface area (Å²) in [6, 6.07) is 0. The summed E-state index contributed by atoms with van der Waals surface area (Å²) < 4.78 is 0.673. The Labute approximate surface area is 116 Å². The minimum atomic E-state index is -0.0619. The summed E-state index contributed by atoms with van der Waals surface area (Å²) in [7, 11) is 0. The number of hydrogen-bond donors (Lipinski definition) is 1. The van der Waals surface area contributed by atoms with E-state index in [0.29, 0.717) is 15.4 Å². The van der Waals surface area contributed by atoms with Crippen molar-refractivity contribution in [3.63, 3.8) is 0 Å². The molecule has 0 aliphatic heterocycles. The zero-order valence-corrected chi connectivity index (χ0v) is 13.0. The molecule has 4 nitrogen and oxygen atoms in total. The summed E-state index contributed by atoms with van der Waals surface area (Å²) in [4.78, 5) is 20.7. The van der Waals surface area contributed by atoms with E-state index in [4.69, 9.17) is 0 Å². The smallest absolute Gasteiger partial charge is 0.266 e. The molecule has 0 fully saturated rings. The summed E-state index contributed by atoms with van der Waals surface area (Å²) in [5, 5.41) is 0. The van der Waals surface area contributed by atoms with Gasteiger partial charge in [0.2, 0.25) is 0 Å². The van der Waals surface area contributed by atoms with E-state index in [0.717, 1.165) is 18.9 Å². The summed E-state index contributed by atoms with van der Waals surface area (Å²) in [5.74, 6) is 1.90. The van der Waals surface area contributed by atoms with Crippen LogP contribution in [-0.2, 0) is 0 Å². The highest BCUT2D eigenvalue weighted by molar-refractivity contribution is 14.1. The van der Waals surface area contributed by atoms with E-state index in [1.54, 1.807) is 0 Å². The van der Waals surface area contributed by atoms with Crippen molar-refractivity contribution >= 4 is 28.4 Å². The van der Waals surface area contributed by atoms with Crippen LogP contribution >= 0.6 is 22.6 Å². The Morgan fingerprint density at radius 3 is 2.29 bits per heavy atom. The van der Waals surface area contributed by atoms with Gasteiger partial charge in [0, 0.05) is 13.1 Å². The molecule has 0 aromatic carbocycles. The van der Waals surface area contributed by atoms with Crippen molar-refractivity contribution in [1.82, 2.24) is 9.97 Å². The zero-order chi connectivity index (χ0) is 13.0. The molecule has 0 bridgehead atoms. The minimum absolute atomic E-state index is 0.0619. The third-order valence-corrected chi connectivity index (χ3v) is 3.22. The fourth-order valence-corrected chi connectivity index (χ4v) is 2.36. The third kappa shape index (κ3) is 4.29. The zero-order valence-electron chi connectivity index (χ0n) is 10.8. The number of nitrogens with one attached hydrogen (secondary N) is 1. The lowest BCUT2D eigenvalue weighted by Gasteiger charge is -2.27. The molecule has 0 amide bonds. The molecular weight excluding hydrogens is 329 g/mol. The monoisotopic (exact) mass is 349 g/mol. The highest BCUT2D eigenvalue weighted by atomic mass is 127. The first-order valence-electron chi connectivity index (χ1n) is 5.90. The van der Waals surface area contributed by atoms with Gasteiger partial charge < -0.3 is 9.88 Å². The quantitative estimate of drug-likeness (QED) is 0.831. The van der Waals surface area contributed by atoms with Gasteiger partial charge in [0.1, 0.15) is 9.39 Å². The van der Waals surface area contributed by atoms with Crippen molar-refractivity contribution in [3.05, 3.63) is 20.3 Å². The molecule has 0 saturated carbocycles. The second-order valence-corrected chi connectivity index (χ2v) is 6.14. The number of nitrogens with zero attached hydrogens (tertiary/aromatic N) is 2. The van der Waals surface area contributed by atoms with Gasteiger partial charge in [-0.1, -0.05) is 27.7 Å². The van der Waals surface area contributed by atoms with Crippen LogP contribution in [0.1, 0.15) is 27.7 Å². The standard InChI is InChI=1S/C12H20IN3O/c1-8(2)5-16(6-9(3)4)11-10(13)12(17)15-7-14-11/h7-9H,5-6H2,1-4H3,(H,14,15,17). The topological polar surface area (TPSA) is 49.0 Å². The van der Waals surface area contributed by atoms with Crippen molar-refractivity contribution < 1.29 is 0 Å². The summed E-state index contributed by atoms with van der Waals surface area (Å²) >= 11 is 2.07. The Hall–Kier alpha value is -0.590. The normalized spacial score (nSPS) is 11.2. The third-order valence-electron chi connectivity index (χ3n) is 2.25. The van der Waals surface area contributed by atoms with E-state index in [9.17, 15) is 4.79 Å². The minimum Gasteiger partial charge on any atom is -0.355 e. The van der Waals surface area contributed by atoms with Crippen molar-refractivity contribution in [2.75, 3.05) is 18.0 Å². The molecule has 1 N–H and O–H groups in total. The van der Waals surface area contributed by atoms with Gasteiger partial charge in [-0.25, -0.2) is 4.98 Å². The fourth-order valence-electron chi connectivity index (χ4n) is 1.72. The van der Waals surface area contributed by atoms with Crippen LogP contribution in [0.5, 0.6) is 0 Å². The number of aromatic amines is 1. The number of anilines is 1. The summed E-state index contributed by atoms with van der Waals surface area (Å²) in [5.41, 5.74) is -0.0619. The van der Waals surface area contributed by atoms with Gasteiger partial charge in [-0.3, -0.25) is 4.79 Å².